The zero-order chi connectivity index (χ0) is 15.6. The summed E-state index contributed by atoms with van der Waals surface area (Å²) in [5.41, 5.74) is 2.82. The van der Waals surface area contributed by atoms with Gasteiger partial charge in [0, 0.05) is 5.56 Å². The maximum Gasteiger partial charge on any atom is 0.143 e. The maximum atomic E-state index is 14.0. The van der Waals surface area contributed by atoms with E-state index in [4.69, 9.17) is 5.84 Å². The van der Waals surface area contributed by atoms with Crippen LogP contribution in [-0.2, 0) is 6.42 Å². The zero-order valence-electron chi connectivity index (χ0n) is 10.6. The lowest BCUT2D eigenvalue weighted by Gasteiger charge is -2.19. The molecule has 0 aliphatic heterocycles. The van der Waals surface area contributed by atoms with Crippen LogP contribution in [0.3, 0.4) is 0 Å². The minimum atomic E-state index is -0.692. The Bertz CT molecular complexity index is 665. The fourth-order valence-electron chi connectivity index (χ4n) is 2.01. The van der Waals surface area contributed by atoms with E-state index in [-0.39, 0.29) is 20.9 Å². The van der Waals surface area contributed by atoms with Gasteiger partial charge in [-0.15, -0.1) is 0 Å². The molecule has 0 aliphatic carbocycles. The highest BCUT2D eigenvalue weighted by atomic mass is 79.9. The minimum absolute atomic E-state index is 0.0599. The second-order valence-corrected chi connectivity index (χ2v) is 6.04. The van der Waals surface area contributed by atoms with Gasteiger partial charge in [0.2, 0.25) is 0 Å². The molecule has 0 spiro atoms. The van der Waals surface area contributed by atoms with Crippen molar-refractivity contribution in [1.82, 2.24) is 5.43 Å². The minimum Gasteiger partial charge on any atom is -0.271 e. The second-order valence-electron chi connectivity index (χ2n) is 4.39. The number of hydrogen-bond donors (Lipinski definition) is 2. The van der Waals surface area contributed by atoms with Gasteiger partial charge in [0.25, 0.3) is 0 Å². The molecule has 112 valence electrons. The highest BCUT2D eigenvalue weighted by Crippen LogP contribution is 2.30. The van der Waals surface area contributed by atoms with E-state index in [0.29, 0.717) is 5.56 Å². The fraction of sp³-hybridized carbons (Fsp3) is 0.143. The summed E-state index contributed by atoms with van der Waals surface area (Å²) in [6.45, 7) is 0. The molecule has 0 saturated carbocycles. The van der Waals surface area contributed by atoms with E-state index in [1.807, 2.05) is 0 Å². The average Bonchev–Trinajstić information content (AvgIpc) is 2.47. The van der Waals surface area contributed by atoms with Crippen molar-refractivity contribution >= 4 is 31.9 Å². The van der Waals surface area contributed by atoms with Crippen molar-refractivity contribution in [1.29, 1.82) is 0 Å². The summed E-state index contributed by atoms with van der Waals surface area (Å²) in [4.78, 5) is 0. The Kier molecular flexibility index (Phi) is 5.43. The fourth-order valence-corrected chi connectivity index (χ4v) is 2.92. The lowest BCUT2D eigenvalue weighted by molar-refractivity contribution is 0.494. The Morgan fingerprint density at radius 2 is 1.76 bits per heavy atom. The molecule has 2 aromatic carbocycles. The van der Waals surface area contributed by atoms with E-state index in [2.05, 4.69) is 37.3 Å². The molecule has 3 N–H and O–H groups in total. The summed E-state index contributed by atoms with van der Waals surface area (Å²) in [7, 11) is 0. The molecular formula is C14H11Br2F3N2. The van der Waals surface area contributed by atoms with Gasteiger partial charge in [-0.3, -0.25) is 11.3 Å². The molecule has 1 atom stereocenters. The number of nitrogens with one attached hydrogen (secondary N) is 1. The summed E-state index contributed by atoms with van der Waals surface area (Å²) in [5, 5.41) is 0. The van der Waals surface area contributed by atoms with Crippen LogP contribution < -0.4 is 11.3 Å². The molecule has 0 saturated heterocycles. The number of halogens is 5. The third-order valence-electron chi connectivity index (χ3n) is 3.11. The van der Waals surface area contributed by atoms with Crippen LogP contribution in [0.15, 0.2) is 39.3 Å². The summed E-state index contributed by atoms with van der Waals surface area (Å²) >= 11 is 6.13. The monoisotopic (exact) mass is 422 g/mol. The Morgan fingerprint density at radius 1 is 1.05 bits per heavy atom. The van der Waals surface area contributed by atoms with Crippen molar-refractivity contribution in [2.45, 2.75) is 12.5 Å². The second kappa shape index (κ2) is 6.91. The highest BCUT2D eigenvalue weighted by Gasteiger charge is 2.21. The number of benzene rings is 2. The van der Waals surface area contributed by atoms with Gasteiger partial charge in [-0.2, -0.15) is 0 Å². The van der Waals surface area contributed by atoms with Crippen LogP contribution in [0.1, 0.15) is 17.2 Å². The van der Waals surface area contributed by atoms with E-state index in [1.165, 1.54) is 18.2 Å². The molecule has 2 aromatic rings. The quantitative estimate of drug-likeness (QED) is 0.435. The molecule has 0 bridgehead atoms. The Labute approximate surface area is 136 Å². The first kappa shape index (κ1) is 16.5. The molecule has 0 radical (unpaired) electrons. The number of rotatable bonds is 4. The van der Waals surface area contributed by atoms with Crippen LogP contribution >= 0.6 is 31.9 Å². The van der Waals surface area contributed by atoms with Gasteiger partial charge in [0.1, 0.15) is 17.5 Å². The van der Waals surface area contributed by atoms with Crippen molar-refractivity contribution in [3.05, 3.63) is 67.9 Å². The van der Waals surface area contributed by atoms with Gasteiger partial charge in [-0.1, -0.05) is 12.1 Å². The summed E-state index contributed by atoms with van der Waals surface area (Å²) in [6, 6.07) is 6.22. The summed E-state index contributed by atoms with van der Waals surface area (Å²) in [6.07, 6.45) is -0.0599. The molecule has 1 unspecified atom stereocenters. The van der Waals surface area contributed by atoms with Gasteiger partial charge in [0.05, 0.1) is 15.0 Å². The molecule has 0 aromatic heterocycles. The van der Waals surface area contributed by atoms with Gasteiger partial charge >= 0.3 is 0 Å². The van der Waals surface area contributed by atoms with Crippen LogP contribution in [0.25, 0.3) is 0 Å². The molecule has 7 heteroatoms. The van der Waals surface area contributed by atoms with Crippen LogP contribution in [0.5, 0.6) is 0 Å². The van der Waals surface area contributed by atoms with Crippen LogP contribution in [0, 0.1) is 17.5 Å². The molecule has 2 rings (SSSR count). The van der Waals surface area contributed by atoms with Crippen molar-refractivity contribution in [2.75, 3.05) is 0 Å². The van der Waals surface area contributed by atoms with Crippen molar-refractivity contribution < 1.29 is 13.2 Å². The molecule has 0 amide bonds. The SMILES string of the molecule is NNC(Cc1c(F)ccc(Br)c1F)c1cccc(F)c1Br. The van der Waals surface area contributed by atoms with Gasteiger partial charge in [-0.05, 0) is 62.0 Å². The normalized spacial score (nSPS) is 12.5. The lowest BCUT2D eigenvalue weighted by atomic mass is 9.98. The first-order valence-electron chi connectivity index (χ1n) is 5.98. The number of nitrogens with two attached hydrogens (primary N) is 1. The molecule has 21 heavy (non-hydrogen) atoms. The van der Waals surface area contributed by atoms with Crippen molar-refractivity contribution in [3.63, 3.8) is 0 Å². The summed E-state index contributed by atoms with van der Waals surface area (Å²) in [5.74, 6) is 3.62. The largest absolute Gasteiger partial charge is 0.271 e. The van der Waals surface area contributed by atoms with Crippen molar-refractivity contribution in [2.24, 2.45) is 5.84 Å². The summed E-state index contributed by atoms with van der Waals surface area (Å²) < 4.78 is 41.8. The maximum absolute atomic E-state index is 14.0. The predicted molar refractivity (Wildman–Crippen MR) is 81.9 cm³/mol. The molecular weight excluding hydrogens is 413 g/mol. The molecule has 0 aliphatic rings. The lowest BCUT2D eigenvalue weighted by Crippen LogP contribution is -2.30. The van der Waals surface area contributed by atoms with Gasteiger partial charge in [0.15, 0.2) is 0 Å². The van der Waals surface area contributed by atoms with Crippen LogP contribution in [0.4, 0.5) is 13.2 Å². The Balaban J connectivity index is 2.41. The Hall–Kier alpha value is -0.890. The third-order valence-corrected chi connectivity index (χ3v) is 4.55. The van der Waals surface area contributed by atoms with E-state index in [9.17, 15) is 13.2 Å². The number of hydrogen-bond acceptors (Lipinski definition) is 2. The van der Waals surface area contributed by atoms with E-state index in [1.54, 1.807) is 6.07 Å². The average molecular weight is 424 g/mol. The number of hydrazine groups is 1. The predicted octanol–water partition coefficient (Wildman–Crippen LogP) is 4.38. The van der Waals surface area contributed by atoms with E-state index < -0.39 is 23.5 Å². The molecule has 0 fully saturated rings. The first-order valence-corrected chi connectivity index (χ1v) is 7.56. The topological polar surface area (TPSA) is 38.0 Å². The van der Waals surface area contributed by atoms with Crippen molar-refractivity contribution in [3.8, 4) is 0 Å². The smallest absolute Gasteiger partial charge is 0.143 e. The third kappa shape index (κ3) is 3.48. The highest BCUT2D eigenvalue weighted by molar-refractivity contribution is 9.10. The standard InChI is InChI=1S/C14H11Br2F3N2/c15-9-4-5-10(17)8(14(9)19)6-12(21-20)7-2-1-3-11(18)13(7)16/h1-5,12,21H,6,20H2. The molecule has 2 nitrogen and oxygen atoms in total. The van der Waals surface area contributed by atoms with E-state index >= 15 is 0 Å². The first-order chi connectivity index (χ1) is 9.95. The van der Waals surface area contributed by atoms with Gasteiger partial charge < -0.3 is 0 Å². The Morgan fingerprint density at radius 3 is 2.43 bits per heavy atom. The molecule has 0 heterocycles. The van der Waals surface area contributed by atoms with Crippen LogP contribution in [0.2, 0.25) is 0 Å². The van der Waals surface area contributed by atoms with Crippen LogP contribution in [-0.4, -0.2) is 0 Å². The zero-order valence-corrected chi connectivity index (χ0v) is 13.8. The van der Waals surface area contributed by atoms with E-state index in [0.717, 1.165) is 6.07 Å². The van der Waals surface area contributed by atoms with Gasteiger partial charge in [-0.25, -0.2) is 13.2 Å².